The molecule has 20 heavy (non-hydrogen) atoms. The molecule has 1 fully saturated rings. The molecular weight excluding hydrogens is 292 g/mol. The summed E-state index contributed by atoms with van der Waals surface area (Å²) in [7, 11) is 0. The van der Waals surface area contributed by atoms with E-state index in [-0.39, 0.29) is 0 Å². The smallest absolute Gasteiger partial charge is 0.214 e. The van der Waals surface area contributed by atoms with Gasteiger partial charge in [-0.15, -0.1) is 16.4 Å². The first-order valence-corrected chi connectivity index (χ1v) is 8.24. The monoisotopic (exact) mass is 306 g/mol. The first-order chi connectivity index (χ1) is 9.79. The number of hydrogen-bond acceptors (Lipinski definition) is 6. The molecule has 0 atom stereocenters. The van der Waals surface area contributed by atoms with Crippen molar-refractivity contribution >= 4 is 28.1 Å². The molecule has 4 rings (SSSR count). The molecule has 0 spiro atoms. The minimum Gasteiger partial charge on any atom is -0.308 e. The molecule has 3 aromatic heterocycles. The summed E-state index contributed by atoms with van der Waals surface area (Å²) in [6, 6.07) is 0.683. The number of H-pyrrole nitrogens is 1. The molecular formula is C12H14N6S2. The van der Waals surface area contributed by atoms with Crippen molar-refractivity contribution in [2.45, 2.75) is 42.5 Å². The van der Waals surface area contributed by atoms with Gasteiger partial charge in [0.15, 0.2) is 4.96 Å². The van der Waals surface area contributed by atoms with Gasteiger partial charge in [0.25, 0.3) is 0 Å². The van der Waals surface area contributed by atoms with E-state index >= 15 is 0 Å². The molecule has 1 aliphatic carbocycles. The second-order valence-corrected chi connectivity index (χ2v) is 6.71. The molecule has 104 valence electrons. The highest BCUT2D eigenvalue weighted by Crippen LogP contribution is 2.30. The zero-order valence-electron chi connectivity index (χ0n) is 11.0. The van der Waals surface area contributed by atoms with Crippen molar-refractivity contribution in [1.29, 1.82) is 0 Å². The highest BCUT2D eigenvalue weighted by atomic mass is 32.2. The fourth-order valence-electron chi connectivity index (χ4n) is 2.04. The van der Waals surface area contributed by atoms with E-state index < -0.39 is 0 Å². The average Bonchev–Trinajstić information content (AvgIpc) is 2.83. The quantitative estimate of drug-likeness (QED) is 0.756. The molecule has 1 aliphatic rings. The zero-order valence-corrected chi connectivity index (χ0v) is 12.6. The average molecular weight is 306 g/mol. The first-order valence-electron chi connectivity index (χ1n) is 6.54. The summed E-state index contributed by atoms with van der Waals surface area (Å²) in [6.45, 7) is 2.74. The third kappa shape index (κ3) is 2.34. The number of imidazole rings is 1. The molecule has 8 heteroatoms. The molecule has 0 amide bonds. The SMILES string of the molecule is Cc1nc(Sc2nc3sccn3c2CNC2CC2)n[nH]1. The number of thiazole rings is 1. The van der Waals surface area contributed by atoms with Crippen molar-refractivity contribution in [2.24, 2.45) is 0 Å². The lowest BCUT2D eigenvalue weighted by Gasteiger charge is -2.03. The number of rotatable bonds is 5. The van der Waals surface area contributed by atoms with Crippen LogP contribution in [0.3, 0.4) is 0 Å². The van der Waals surface area contributed by atoms with E-state index in [4.69, 9.17) is 0 Å². The molecule has 3 aromatic rings. The molecule has 0 aliphatic heterocycles. The summed E-state index contributed by atoms with van der Waals surface area (Å²) < 4.78 is 2.15. The Bertz CT molecular complexity index is 738. The lowest BCUT2D eigenvalue weighted by molar-refractivity contribution is 0.661. The van der Waals surface area contributed by atoms with Crippen LogP contribution in [-0.4, -0.2) is 30.6 Å². The van der Waals surface area contributed by atoms with Gasteiger partial charge in [0.2, 0.25) is 5.16 Å². The van der Waals surface area contributed by atoms with Gasteiger partial charge in [0.1, 0.15) is 10.9 Å². The second-order valence-electron chi connectivity index (χ2n) is 4.88. The number of nitrogens with zero attached hydrogens (tertiary/aromatic N) is 4. The topological polar surface area (TPSA) is 70.9 Å². The predicted octanol–water partition coefficient (Wildman–Crippen LogP) is 2.23. The van der Waals surface area contributed by atoms with Crippen molar-refractivity contribution in [2.75, 3.05) is 0 Å². The van der Waals surface area contributed by atoms with Crippen LogP contribution in [0.1, 0.15) is 24.4 Å². The molecule has 0 bridgehead atoms. The third-order valence-corrected chi connectivity index (χ3v) is 4.87. The summed E-state index contributed by atoms with van der Waals surface area (Å²) in [6.07, 6.45) is 4.65. The van der Waals surface area contributed by atoms with E-state index in [1.165, 1.54) is 30.3 Å². The Labute approximate surface area is 124 Å². The van der Waals surface area contributed by atoms with Crippen LogP contribution in [0.2, 0.25) is 0 Å². The maximum absolute atomic E-state index is 4.69. The fourth-order valence-corrected chi connectivity index (χ4v) is 3.70. The van der Waals surface area contributed by atoms with Gasteiger partial charge in [-0.2, -0.15) is 0 Å². The maximum Gasteiger partial charge on any atom is 0.214 e. The van der Waals surface area contributed by atoms with E-state index in [0.29, 0.717) is 6.04 Å². The summed E-state index contributed by atoms with van der Waals surface area (Å²) in [5.41, 5.74) is 1.20. The van der Waals surface area contributed by atoms with Crippen LogP contribution in [0, 0.1) is 6.92 Å². The minimum atomic E-state index is 0.683. The van der Waals surface area contributed by atoms with Gasteiger partial charge in [-0.05, 0) is 31.5 Å². The largest absolute Gasteiger partial charge is 0.308 e. The highest BCUT2D eigenvalue weighted by molar-refractivity contribution is 7.99. The summed E-state index contributed by atoms with van der Waals surface area (Å²) in [5.74, 6) is 0.825. The van der Waals surface area contributed by atoms with E-state index in [0.717, 1.165) is 27.5 Å². The van der Waals surface area contributed by atoms with Crippen LogP contribution in [0.4, 0.5) is 0 Å². The first kappa shape index (κ1) is 12.4. The van der Waals surface area contributed by atoms with Gasteiger partial charge >= 0.3 is 0 Å². The summed E-state index contributed by atoms with van der Waals surface area (Å²) in [5, 5.41) is 14.4. The number of fused-ring (bicyclic) bond motifs is 1. The Morgan fingerprint density at radius 1 is 1.50 bits per heavy atom. The van der Waals surface area contributed by atoms with Crippen molar-refractivity contribution in [3.63, 3.8) is 0 Å². The number of aromatic amines is 1. The number of aryl methyl sites for hydroxylation is 1. The van der Waals surface area contributed by atoms with Crippen LogP contribution >= 0.6 is 23.1 Å². The normalized spacial score (nSPS) is 15.2. The van der Waals surface area contributed by atoms with Crippen molar-refractivity contribution < 1.29 is 0 Å². The molecule has 1 saturated carbocycles. The Kier molecular flexibility index (Phi) is 3.01. The lowest BCUT2D eigenvalue weighted by Crippen LogP contribution is -2.16. The Morgan fingerprint density at radius 3 is 3.15 bits per heavy atom. The van der Waals surface area contributed by atoms with Gasteiger partial charge in [-0.1, -0.05) is 0 Å². The molecule has 3 heterocycles. The Morgan fingerprint density at radius 2 is 2.40 bits per heavy atom. The van der Waals surface area contributed by atoms with Crippen LogP contribution < -0.4 is 5.32 Å². The van der Waals surface area contributed by atoms with Crippen LogP contribution in [0.25, 0.3) is 4.96 Å². The van der Waals surface area contributed by atoms with Gasteiger partial charge in [0, 0.05) is 24.2 Å². The van der Waals surface area contributed by atoms with Crippen molar-refractivity contribution in [3.8, 4) is 0 Å². The van der Waals surface area contributed by atoms with Gasteiger partial charge < -0.3 is 5.32 Å². The van der Waals surface area contributed by atoms with Crippen LogP contribution in [0.15, 0.2) is 21.8 Å². The van der Waals surface area contributed by atoms with Crippen LogP contribution in [-0.2, 0) is 6.54 Å². The van der Waals surface area contributed by atoms with Crippen LogP contribution in [0.5, 0.6) is 0 Å². The molecule has 0 radical (unpaired) electrons. The zero-order chi connectivity index (χ0) is 13.5. The third-order valence-electron chi connectivity index (χ3n) is 3.22. The molecule has 2 N–H and O–H groups in total. The molecule has 0 saturated heterocycles. The van der Waals surface area contributed by atoms with E-state index in [2.05, 4.69) is 41.5 Å². The summed E-state index contributed by atoms with van der Waals surface area (Å²) in [4.78, 5) is 10.0. The standard InChI is InChI=1S/C12H14N6S2/c1-7-14-11(17-16-7)20-10-9(6-13-8-2-3-8)18-4-5-19-12(18)15-10/h4-5,8,13H,2-3,6H2,1H3,(H,14,16,17). The summed E-state index contributed by atoms with van der Waals surface area (Å²) >= 11 is 3.17. The second kappa shape index (κ2) is 4.87. The van der Waals surface area contributed by atoms with Crippen molar-refractivity contribution in [3.05, 3.63) is 23.1 Å². The number of nitrogens with one attached hydrogen (secondary N) is 2. The molecule has 0 aromatic carbocycles. The Balaban J connectivity index is 1.65. The van der Waals surface area contributed by atoms with Gasteiger partial charge in [0.05, 0.1) is 5.69 Å². The minimum absolute atomic E-state index is 0.683. The predicted molar refractivity (Wildman–Crippen MR) is 78.2 cm³/mol. The fraction of sp³-hybridized carbons (Fsp3) is 0.417. The van der Waals surface area contributed by atoms with E-state index in [9.17, 15) is 0 Å². The molecule has 0 unspecified atom stereocenters. The van der Waals surface area contributed by atoms with E-state index in [1.54, 1.807) is 11.3 Å². The number of aromatic nitrogens is 5. The highest BCUT2D eigenvalue weighted by Gasteiger charge is 2.23. The maximum atomic E-state index is 4.69. The Hall–Kier alpha value is -1.38. The van der Waals surface area contributed by atoms with Gasteiger partial charge in [-0.3, -0.25) is 9.50 Å². The van der Waals surface area contributed by atoms with Crippen molar-refractivity contribution in [1.82, 2.24) is 29.9 Å². The molecule has 6 nitrogen and oxygen atoms in total. The van der Waals surface area contributed by atoms with E-state index in [1.807, 2.05) is 6.92 Å². The number of hydrogen-bond donors (Lipinski definition) is 2. The van der Waals surface area contributed by atoms with Gasteiger partial charge in [-0.25, -0.2) is 9.97 Å². The lowest BCUT2D eigenvalue weighted by atomic mass is 10.4.